The Hall–Kier alpha value is -2.45. The van der Waals surface area contributed by atoms with E-state index >= 15 is 0 Å². The Kier molecular flexibility index (Phi) is 5.63. The minimum Gasteiger partial charge on any atom is -0.469 e. The maximum Gasteiger partial charge on any atom is 0.332 e. The molecule has 20 heavy (non-hydrogen) atoms. The summed E-state index contributed by atoms with van der Waals surface area (Å²) in [5.41, 5.74) is 0.0537. The topological polar surface area (TPSA) is 119 Å². The fraction of sp³-hybridized carbons (Fsp3) is 0.545. The van der Waals surface area contributed by atoms with Gasteiger partial charge in [-0.2, -0.15) is 4.98 Å². The van der Waals surface area contributed by atoms with Crippen molar-refractivity contribution in [3.8, 4) is 0 Å². The summed E-state index contributed by atoms with van der Waals surface area (Å²) in [6.07, 6.45) is 0.0905. The highest BCUT2D eigenvalue weighted by atomic mass is 16.6. The van der Waals surface area contributed by atoms with Gasteiger partial charge in [-0.15, -0.1) is 0 Å². The lowest BCUT2D eigenvalue weighted by Gasteiger charge is -2.09. The third-order valence-electron chi connectivity index (χ3n) is 2.43. The lowest BCUT2D eigenvalue weighted by molar-refractivity contribution is -0.385. The third kappa shape index (κ3) is 4.04. The molecule has 0 saturated carbocycles. The van der Waals surface area contributed by atoms with Crippen molar-refractivity contribution in [2.75, 3.05) is 30.8 Å². The number of carbonyl (C=O) groups is 1. The second-order valence-electron chi connectivity index (χ2n) is 3.87. The molecule has 0 unspecified atom stereocenters. The van der Waals surface area contributed by atoms with Gasteiger partial charge in [0.05, 0.1) is 18.5 Å². The van der Waals surface area contributed by atoms with E-state index in [0.717, 1.165) is 0 Å². The summed E-state index contributed by atoms with van der Waals surface area (Å²) in [5, 5.41) is 16.7. The number of nitro groups is 1. The van der Waals surface area contributed by atoms with Gasteiger partial charge in [-0.05, 0) is 13.8 Å². The van der Waals surface area contributed by atoms with Crippen LogP contribution in [-0.2, 0) is 9.53 Å². The van der Waals surface area contributed by atoms with E-state index in [1.54, 1.807) is 0 Å². The van der Waals surface area contributed by atoms with E-state index in [1.165, 1.54) is 14.0 Å². The molecule has 9 heteroatoms. The zero-order chi connectivity index (χ0) is 15.1. The quantitative estimate of drug-likeness (QED) is 0.433. The molecule has 9 nitrogen and oxygen atoms in total. The monoisotopic (exact) mass is 283 g/mol. The van der Waals surface area contributed by atoms with Gasteiger partial charge in [-0.1, -0.05) is 0 Å². The van der Waals surface area contributed by atoms with Crippen LogP contribution in [0.4, 0.5) is 17.5 Å². The van der Waals surface area contributed by atoms with Crippen LogP contribution in [0.1, 0.15) is 19.0 Å². The molecule has 0 atom stereocenters. The molecule has 1 aromatic rings. The number of aryl methyl sites for hydroxylation is 1. The maximum absolute atomic E-state index is 11.0. The molecule has 0 aliphatic rings. The highest BCUT2D eigenvalue weighted by Gasteiger charge is 2.21. The summed E-state index contributed by atoms with van der Waals surface area (Å²) in [6.45, 7) is 4.19. The van der Waals surface area contributed by atoms with Gasteiger partial charge in [-0.25, -0.2) is 4.98 Å². The second-order valence-corrected chi connectivity index (χ2v) is 3.87. The summed E-state index contributed by atoms with van der Waals surface area (Å²) < 4.78 is 4.49. The average Bonchev–Trinajstić information content (AvgIpc) is 2.37. The molecule has 0 bridgehead atoms. The third-order valence-corrected chi connectivity index (χ3v) is 2.43. The van der Waals surface area contributed by atoms with Crippen LogP contribution in [0, 0.1) is 17.0 Å². The maximum atomic E-state index is 11.0. The van der Waals surface area contributed by atoms with E-state index in [4.69, 9.17) is 0 Å². The Morgan fingerprint density at radius 1 is 1.40 bits per heavy atom. The number of methoxy groups -OCH3 is 1. The molecule has 0 saturated heterocycles. The lowest BCUT2D eigenvalue weighted by atomic mass is 10.3. The molecule has 1 heterocycles. The summed E-state index contributed by atoms with van der Waals surface area (Å²) in [5.74, 6) is -0.0173. The molecule has 0 spiro atoms. The Balaban J connectivity index is 2.95. The van der Waals surface area contributed by atoms with Crippen LogP contribution in [0.5, 0.6) is 0 Å². The number of nitrogens with zero attached hydrogens (tertiary/aromatic N) is 3. The van der Waals surface area contributed by atoms with Crippen LogP contribution in [0.15, 0.2) is 0 Å². The predicted octanol–water partition coefficient (Wildman–Crippen LogP) is 1.10. The van der Waals surface area contributed by atoms with Crippen molar-refractivity contribution in [2.45, 2.75) is 20.3 Å². The Morgan fingerprint density at radius 3 is 2.65 bits per heavy atom. The van der Waals surface area contributed by atoms with E-state index in [-0.39, 0.29) is 30.2 Å². The largest absolute Gasteiger partial charge is 0.469 e. The summed E-state index contributed by atoms with van der Waals surface area (Å²) in [6, 6.07) is 0. The van der Waals surface area contributed by atoms with Crippen LogP contribution in [0.25, 0.3) is 0 Å². The molecule has 2 N–H and O–H groups in total. The standard InChI is InChI=1S/C11H17N5O4/c1-4-12-11-14-7(2)9(16(18)19)10(15-11)13-6-5-8(17)20-3/h4-6H2,1-3H3,(H2,12,13,14,15). The normalized spacial score (nSPS) is 9.95. The molecular weight excluding hydrogens is 266 g/mol. The number of aromatic nitrogens is 2. The zero-order valence-corrected chi connectivity index (χ0v) is 11.6. The first kappa shape index (κ1) is 15.6. The Labute approximate surface area is 115 Å². The number of carbonyl (C=O) groups excluding carboxylic acids is 1. The van der Waals surface area contributed by atoms with Crippen LogP contribution < -0.4 is 10.6 Å². The smallest absolute Gasteiger partial charge is 0.332 e. The van der Waals surface area contributed by atoms with Gasteiger partial charge in [0.25, 0.3) is 0 Å². The van der Waals surface area contributed by atoms with Crippen LogP contribution in [-0.4, -0.2) is 41.1 Å². The second kappa shape index (κ2) is 7.22. The minimum absolute atomic E-state index is 0.0855. The van der Waals surface area contributed by atoms with Gasteiger partial charge in [0.2, 0.25) is 11.8 Å². The Bertz CT molecular complexity index is 506. The molecule has 0 aromatic carbocycles. The van der Waals surface area contributed by atoms with Crippen LogP contribution >= 0.6 is 0 Å². The van der Waals surface area contributed by atoms with Crippen molar-refractivity contribution in [3.63, 3.8) is 0 Å². The van der Waals surface area contributed by atoms with Crippen LogP contribution in [0.3, 0.4) is 0 Å². The number of rotatable bonds is 7. The average molecular weight is 283 g/mol. The number of hydrogen-bond acceptors (Lipinski definition) is 8. The molecule has 1 aromatic heterocycles. The fourth-order valence-electron chi connectivity index (χ4n) is 1.53. The number of ether oxygens (including phenoxy) is 1. The molecular formula is C11H17N5O4. The zero-order valence-electron chi connectivity index (χ0n) is 11.6. The number of nitrogens with one attached hydrogen (secondary N) is 2. The molecule has 0 aliphatic carbocycles. The van der Waals surface area contributed by atoms with E-state index in [2.05, 4.69) is 25.3 Å². The minimum atomic E-state index is -0.550. The van der Waals surface area contributed by atoms with Gasteiger partial charge in [0, 0.05) is 13.1 Å². The summed E-state index contributed by atoms with van der Waals surface area (Å²) >= 11 is 0. The highest BCUT2D eigenvalue weighted by Crippen LogP contribution is 2.26. The highest BCUT2D eigenvalue weighted by molar-refractivity contribution is 5.70. The van der Waals surface area contributed by atoms with Gasteiger partial charge < -0.3 is 15.4 Å². The molecule has 0 radical (unpaired) electrons. The van der Waals surface area contributed by atoms with Crippen molar-refractivity contribution >= 4 is 23.4 Å². The van der Waals surface area contributed by atoms with Crippen molar-refractivity contribution in [1.82, 2.24) is 9.97 Å². The molecule has 0 aliphatic heterocycles. The van der Waals surface area contributed by atoms with Crippen molar-refractivity contribution < 1.29 is 14.5 Å². The van der Waals surface area contributed by atoms with Gasteiger partial charge >= 0.3 is 11.7 Å². The lowest BCUT2D eigenvalue weighted by Crippen LogP contribution is -2.14. The first-order valence-corrected chi connectivity index (χ1v) is 6.07. The number of hydrogen-bond donors (Lipinski definition) is 2. The number of anilines is 2. The SMILES string of the molecule is CCNc1nc(C)c([N+](=O)[O-])c(NCCC(=O)OC)n1. The molecule has 1 rings (SSSR count). The molecule has 0 amide bonds. The van der Waals surface area contributed by atoms with E-state index in [1.807, 2.05) is 6.92 Å². The first-order chi connectivity index (χ1) is 9.49. The Morgan fingerprint density at radius 2 is 2.10 bits per heavy atom. The van der Waals surface area contributed by atoms with Gasteiger partial charge in [-0.3, -0.25) is 14.9 Å². The molecule has 0 fully saturated rings. The van der Waals surface area contributed by atoms with E-state index in [9.17, 15) is 14.9 Å². The van der Waals surface area contributed by atoms with Gasteiger partial charge in [0.1, 0.15) is 5.69 Å². The first-order valence-electron chi connectivity index (χ1n) is 6.07. The van der Waals surface area contributed by atoms with Crippen molar-refractivity contribution in [3.05, 3.63) is 15.8 Å². The van der Waals surface area contributed by atoms with Gasteiger partial charge in [0.15, 0.2) is 0 Å². The van der Waals surface area contributed by atoms with E-state index < -0.39 is 10.9 Å². The van der Waals surface area contributed by atoms with E-state index in [0.29, 0.717) is 12.5 Å². The molecule has 110 valence electrons. The van der Waals surface area contributed by atoms with Crippen molar-refractivity contribution in [1.29, 1.82) is 0 Å². The van der Waals surface area contributed by atoms with Crippen molar-refractivity contribution in [2.24, 2.45) is 0 Å². The summed E-state index contributed by atoms with van der Waals surface area (Å²) in [7, 11) is 1.28. The number of esters is 1. The predicted molar refractivity (Wildman–Crippen MR) is 72.7 cm³/mol. The van der Waals surface area contributed by atoms with Crippen LogP contribution in [0.2, 0.25) is 0 Å². The fourth-order valence-corrected chi connectivity index (χ4v) is 1.53. The summed E-state index contributed by atoms with van der Waals surface area (Å²) in [4.78, 5) is 29.6.